The Bertz CT molecular complexity index is 424. The number of alkyl halides is 3. The van der Waals surface area contributed by atoms with E-state index in [0.717, 1.165) is 13.8 Å². The van der Waals surface area contributed by atoms with E-state index in [1.807, 2.05) is 0 Å². The van der Waals surface area contributed by atoms with Gasteiger partial charge in [0.25, 0.3) is 0 Å². The zero-order valence-electron chi connectivity index (χ0n) is 12.5. The Hall–Kier alpha value is -0.660. The maximum Gasteiger partial charge on any atom is 0.395 e. The molecule has 0 aromatic carbocycles. The Kier molecular flexibility index (Phi) is 4.14. The van der Waals surface area contributed by atoms with Gasteiger partial charge in [0.2, 0.25) is 0 Å². The van der Waals surface area contributed by atoms with Crippen molar-refractivity contribution in [1.82, 2.24) is 4.90 Å². The van der Waals surface area contributed by atoms with Gasteiger partial charge in [0.15, 0.2) is 5.78 Å². The van der Waals surface area contributed by atoms with Gasteiger partial charge in [-0.3, -0.25) is 9.69 Å². The van der Waals surface area contributed by atoms with Crippen molar-refractivity contribution in [3.05, 3.63) is 0 Å². The number of aliphatic hydroxyl groups excluding tert-OH is 1. The fourth-order valence-corrected chi connectivity index (χ4v) is 3.72. The summed E-state index contributed by atoms with van der Waals surface area (Å²) >= 11 is 0. The van der Waals surface area contributed by atoms with Gasteiger partial charge in [-0.15, -0.1) is 0 Å². The molecule has 4 atom stereocenters. The number of halogens is 3. The summed E-state index contributed by atoms with van der Waals surface area (Å²) in [6.07, 6.45) is -3.63. The third-order valence-electron chi connectivity index (χ3n) is 5.19. The number of fused-ring (bicyclic) bond motifs is 3. The molecule has 0 spiro atoms. The van der Waals surface area contributed by atoms with Crippen LogP contribution in [0, 0.1) is 11.3 Å². The number of aliphatic hydroxyl groups is 1. The highest BCUT2D eigenvalue weighted by Crippen LogP contribution is 2.51. The average molecular weight is 309 g/mol. The van der Waals surface area contributed by atoms with Crippen molar-refractivity contribution < 1.29 is 27.8 Å². The van der Waals surface area contributed by atoms with Crippen LogP contribution in [0.25, 0.3) is 0 Å². The normalized spacial score (nSPS) is 37.1. The van der Waals surface area contributed by atoms with Crippen molar-refractivity contribution in [2.45, 2.75) is 44.4 Å². The van der Waals surface area contributed by atoms with Crippen LogP contribution < -0.4 is 0 Å². The smallest absolute Gasteiger partial charge is 0.394 e. The first-order valence-corrected chi connectivity index (χ1v) is 7.09. The molecule has 3 fully saturated rings. The number of ether oxygens (including phenoxy) is 1. The molecule has 1 N–H and O–H groups in total. The minimum absolute atomic E-state index is 0.0801. The van der Waals surface area contributed by atoms with E-state index in [2.05, 4.69) is 0 Å². The first-order chi connectivity index (χ1) is 9.61. The third kappa shape index (κ3) is 2.29. The lowest BCUT2D eigenvalue weighted by Gasteiger charge is -2.59. The molecule has 0 amide bonds. The van der Waals surface area contributed by atoms with E-state index >= 15 is 0 Å². The molecule has 0 aromatic heterocycles. The highest BCUT2D eigenvalue weighted by atomic mass is 19.4. The lowest BCUT2D eigenvalue weighted by atomic mass is 9.64. The van der Waals surface area contributed by atoms with Crippen molar-refractivity contribution in [1.29, 1.82) is 0 Å². The molecular weight excluding hydrogens is 287 g/mol. The monoisotopic (exact) mass is 309 g/mol. The van der Waals surface area contributed by atoms with Crippen molar-refractivity contribution in [2.75, 3.05) is 26.9 Å². The molecule has 3 rings (SSSR count). The van der Waals surface area contributed by atoms with Crippen LogP contribution in [0.5, 0.6) is 0 Å². The summed E-state index contributed by atoms with van der Waals surface area (Å²) in [5.41, 5.74) is -3.27. The molecule has 2 bridgehead atoms. The van der Waals surface area contributed by atoms with Gasteiger partial charge >= 0.3 is 6.18 Å². The average Bonchev–Trinajstić information content (AvgIpc) is 2.41. The van der Waals surface area contributed by atoms with Gasteiger partial charge < -0.3 is 9.84 Å². The molecule has 4 nitrogen and oxygen atoms in total. The predicted molar refractivity (Wildman–Crippen MR) is 69.8 cm³/mol. The number of ketones is 1. The largest absolute Gasteiger partial charge is 0.395 e. The van der Waals surface area contributed by atoms with E-state index in [-0.39, 0.29) is 18.8 Å². The van der Waals surface area contributed by atoms with Crippen molar-refractivity contribution >= 4 is 5.78 Å². The van der Waals surface area contributed by atoms with Gasteiger partial charge in [-0.25, -0.2) is 0 Å². The second kappa shape index (κ2) is 5.21. The number of methoxy groups -OCH3 is 1. The molecule has 0 aliphatic carbocycles. The van der Waals surface area contributed by atoms with Gasteiger partial charge in [-0.1, -0.05) is 0 Å². The quantitative estimate of drug-likeness (QED) is 0.857. The van der Waals surface area contributed by atoms with Crippen LogP contribution in [0.4, 0.5) is 13.2 Å². The number of hydrogen-bond donors (Lipinski definition) is 1. The maximum atomic E-state index is 13.4. The highest BCUT2D eigenvalue weighted by Gasteiger charge is 2.64. The molecule has 1 unspecified atom stereocenters. The Balaban J connectivity index is 2.42. The Morgan fingerprint density at radius 2 is 2.05 bits per heavy atom. The zero-order chi connectivity index (χ0) is 16.1. The lowest BCUT2D eigenvalue weighted by molar-refractivity contribution is -0.253. The standard InChI is InChI=1S/C14H22F3NO3/c1-12(2,14(15,16)17)10-6-9-4-5-18(10)13(7-19,8-21-3)11(9)20/h9-10,19H,4-8H2,1-3H3/t9-,10-,13+/m0/s1. The number of piperidine rings is 3. The molecule has 21 heavy (non-hydrogen) atoms. The highest BCUT2D eigenvalue weighted by molar-refractivity contribution is 5.92. The Morgan fingerprint density at radius 3 is 2.52 bits per heavy atom. The van der Waals surface area contributed by atoms with Gasteiger partial charge in [0.1, 0.15) is 5.54 Å². The summed E-state index contributed by atoms with van der Waals surface area (Å²) in [6, 6.07) is -0.823. The van der Waals surface area contributed by atoms with Crippen molar-refractivity contribution in [2.24, 2.45) is 11.3 Å². The first kappa shape index (κ1) is 16.7. The summed E-state index contributed by atoms with van der Waals surface area (Å²) in [5.74, 6) is -0.615. The Labute approximate surface area is 122 Å². The third-order valence-corrected chi connectivity index (χ3v) is 5.19. The second-order valence-electron chi connectivity index (χ2n) is 6.64. The molecule has 3 saturated heterocycles. The van der Waals surface area contributed by atoms with E-state index in [9.17, 15) is 23.1 Å². The number of carbonyl (C=O) groups excluding carboxylic acids is 1. The lowest BCUT2D eigenvalue weighted by Crippen LogP contribution is -2.75. The summed E-state index contributed by atoms with van der Waals surface area (Å²) in [4.78, 5) is 14.0. The van der Waals surface area contributed by atoms with Gasteiger partial charge in [0, 0.05) is 25.6 Å². The van der Waals surface area contributed by atoms with E-state index < -0.39 is 35.7 Å². The number of hydrogen-bond acceptors (Lipinski definition) is 4. The molecule has 7 heteroatoms. The summed E-state index contributed by atoms with van der Waals surface area (Å²) in [6.45, 7) is 2.12. The summed E-state index contributed by atoms with van der Waals surface area (Å²) in [7, 11) is 1.39. The topological polar surface area (TPSA) is 49.8 Å². The molecule has 0 aromatic rings. The molecule has 0 radical (unpaired) electrons. The van der Waals surface area contributed by atoms with Gasteiger partial charge in [-0.2, -0.15) is 13.2 Å². The van der Waals surface area contributed by atoms with Gasteiger partial charge in [-0.05, 0) is 26.7 Å². The first-order valence-electron chi connectivity index (χ1n) is 7.09. The van der Waals surface area contributed by atoms with Gasteiger partial charge in [0.05, 0.1) is 18.6 Å². The fourth-order valence-electron chi connectivity index (χ4n) is 3.72. The predicted octanol–water partition coefficient (Wildman–Crippen LogP) is 1.62. The van der Waals surface area contributed by atoms with Crippen LogP contribution >= 0.6 is 0 Å². The minimum Gasteiger partial charge on any atom is -0.394 e. The number of nitrogens with zero attached hydrogens (tertiary/aromatic N) is 1. The van der Waals surface area contributed by atoms with Crippen LogP contribution in [-0.2, 0) is 9.53 Å². The zero-order valence-corrected chi connectivity index (χ0v) is 12.5. The SMILES string of the molecule is COC[C@]1(CO)C(=O)[C@H]2CCN1[C@H](C(C)(C)C(F)(F)F)C2. The number of carbonyl (C=O) groups is 1. The number of rotatable bonds is 4. The van der Waals surface area contributed by atoms with Crippen molar-refractivity contribution in [3.63, 3.8) is 0 Å². The van der Waals surface area contributed by atoms with Crippen LogP contribution in [-0.4, -0.2) is 60.4 Å². The van der Waals surface area contributed by atoms with E-state index in [1.165, 1.54) is 12.0 Å². The fraction of sp³-hybridized carbons (Fsp3) is 0.929. The maximum absolute atomic E-state index is 13.4. The molecule has 3 aliphatic heterocycles. The molecule has 3 heterocycles. The summed E-state index contributed by atoms with van der Waals surface area (Å²) < 4.78 is 45.2. The van der Waals surface area contributed by atoms with Crippen LogP contribution in [0.1, 0.15) is 26.7 Å². The van der Waals surface area contributed by atoms with E-state index in [1.54, 1.807) is 0 Å². The second-order valence-corrected chi connectivity index (χ2v) is 6.64. The molecule has 3 aliphatic rings. The Morgan fingerprint density at radius 1 is 1.43 bits per heavy atom. The van der Waals surface area contributed by atoms with Crippen molar-refractivity contribution in [3.8, 4) is 0 Å². The van der Waals surface area contributed by atoms with E-state index in [0.29, 0.717) is 13.0 Å². The molecular formula is C14H22F3NO3. The van der Waals surface area contributed by atoms with Crippen LogP contribution in [0.2, 0.25) is 0 Å². The summed E-state index contributed by atoms with van der Waals surface area (Å²) in [5, 5.41) is 9.73. The van der Waals surface area contributed by atoms with Crippen LogP contribution in [0.15, 0.2) is 0 Å². The van der Waals surface area contributed by atoms with E-state index in [4.69, 9.17) is 4.74 Å². The number of Topliss-reactive ketones (excluding diaryl/α,β-unsaturated/α-hetero) is 1. The molecule has 122 valence electrons. The minimum atomic E-state index is -4.37. The van der Waals surface area contributed by atoms with Crippen LogP contribution in [0.3, 0.4) is 0 Å². The molecule has 0 saturated carbocycles.